The molecular weight excluding hydrogens is 274 g/mol. The number of aromatic nitrogens is 1. The van der Waals surface area contributed by atoms with Crippen LogP contribution >= 0.6 is 22.9 Å². The molecule has 7 heteroatoms. The SMILES string of the molecule is O=[N+]([O-])c1cc(Cl)cnc1NCCc1cccs1. The van der Waals surface area contributed by atoms with Gasteiger partial charge < -0.3 is 5.32 Å². The third-order valence-corrected chi connectivity index (χ3v) is 3.42. The number of nitrogens with one attached hydrogen (secondary N) is 1. The van der Waals surface area contributed by atoms with Gasteiger partial charge in [0, 0.05) is 23.7 Å². The Balaban J connectivity index is 2.02. The predicted octanol–water partition coefficient (Wildman–Crippen LogP) is 3.36. The van der Waals surface area contributed by atoms with Gasteiger partial charge in [0.25, 0.3) is 0 Å². The number of hydrogen-bond donors (Lipinski definition) is 1. The van der Waals surface area contributed by atoms with E-state index in [1.54, 1.807) is 11.3 Å². The van der Waals surface area contributed by atoms with Crippen molar-refractivity contribution in [3.05, 3.63) is 49.8 Å². The Morgan fingerprint density at radius 1 is 1.56 bits per heavy atom. The standard InChI is InChI=1S/C11H10ClN3O2S/c12-8-6-10(15(16)17)11(14-7-8)13-4-3-9-2-1-5-18-9/h1-2,5-7H,3-4H2,(H,13,14). The molecule has 0 spiro atoms. The van der Waals surface area contributed by atoms with Gasteiger partial charge in [-0.05, 0) is 17.9 Å². The largest absolute Gasteiger partial charge is 0.364 e. The average molecular weight is 284 g/mol. The number of nitro groups is 1. The summed E-state index contributed by atoms with van der Waals surface area (Å²) in [5.74, 6) is 0.251. The molecule has 0 aliphatic rings. The van der Waals surface area contributed by atoms with E-state index in [-0.39, 0.29) is 16.5 Å². The highest BCUT2D eigenvalue weighted by molar-refractivity contribution is 7.09. The van der Waals surface area contributed by atoms with Crippen molar-refractivity contribution in [2.75, 3.05) is 11.9 Å². The first-order valence-electron chi connectivity index (χ1n) is 5.23. The molecule has 18 heavy (non-hydrogen) atoms. The van der Waals surface area contributed by atoms with E-state index in [2.05, 4.69) is 10.3 Å². The Morgan fingerprint density at radius 2 is 2.39 bits per heavy atom. The Bertz CT molecular complexity index is 545. The first-order chi connectivity index (χ1) is 8.66. The fraction of sp³-hybridized carbons (Fsp3) is 0.182. The summed E-state index contributed by atoms with van der Waals surface area (Å²) in [5, 5.41) is 16.0. The summed E-state index contributed by atoms with van der Waals surface area (Å²) in [6.07, 6.45) is 2.20. The van der Waals surface area contributed by atoms with Gasteiger partial charge in [-0.25, -0.2) is 4.98 Å². The van der Waals surface area contributed by atoms with Crippen molar-refractivity contribution in [1.82, 2.24) is 4.98 Å². The Hall–Kier alpha value is -1.66. The zero-order chi connectivity index (χ0) is 13.0. The maximum absolute atomic E-state index is 10.8. The lowest BCUT2D eigenvalue weighted by atomic mass is 10.3. The molecule has 2 heterocycles. The van der Waals surface area contributed by atoms with E-state index in [0.29, 0.717) is 6.54 Å². The number of halogens is 1. The molecule has 5 nitrogen and oxygen atoms in total. The van der Waals surface area contributed by atoms with Crippen molar-refractivity contribution < 1.29 is 4.92 Å². The smallest absolute Gasteiger partial charge is 0.312 e. The topological polar surface area (TPSA) is 68.1 Å². The van der Waals surface area contributed by atoms with Crippen LogP contribution in [0, 0.1) is 10.1 Å². The van der Waals surface area contributed by atoms with E-state index >= 15 is 0 Å². The minimum Gasteiger partial charge on any atom is -0.364 e. The monoisotopic (exact) mass is 283 g/mol. The lowest BCUT2D eigenvalue weighted by Gasteiger charge is -2.05. The summed E-state index contributed by atoms with van der Waals surface area (Å²) in [6, 6.07) is 5.29. The van der Waals surface area contributed by atoms with Crippen molar-refractivity contribution in [2.24, 2.45) is 0 Å². The van der Waals surface area contributed by atoms with Crippen molar-refractivity contribution >= 4 is 34.4 Å². The van der Waals surface area contributed by atoms with Crippen LogP contribution in [0.3, 0.4) is 0 Å². The molecule has 0 atom stereocenters. The van der Waals surface area contributed by atoms with Crippen molar-refractivity contribution in [1.29, 1.82) is 0 Å². The third kappa shape index (κ3) is 3.18. The quantitative estimate of drug-likeness (QED) is 0.675. The molecule has 0 bridgehead atoms. The molecule has 0 aliphatic carbocycles. The molecular formula is C11H10ClN3O2S. The molecule has 0 aromatic carbocycles. The molecule has 2 aromatic heterocycles. The second kappa shape index (κ2) is 5.79. The van der Waals surface area contributed by atoms with Crippen LogP contribution in [-0.2, 0) is 6.42 Å². The number of rotatable bonds is 5. The molecule has 0 unspecified atom stereocenters. The second-order valence-corrected chi connectivity index (χ2v) is 5.00. The summed E-state index contributed by atoms with van der Waals surface area (Å²) in [4.78, 5) is 15.5. The van der Waals surface area contributed by atoms with Crippen LogP contribution in [-0.4, -0.2) is 16.5 Å². The van der Waals surface area contributed by atoms with Crippen LogP contribution in [0.25, 0.3) is 0 Å². The zero-order valence-electron chi connectivity index (χ0n) is 9.30. The summed E-state index contributed by atoms with van der Waals surface area (Å²) < 4.78 is 0. The van der Waals surface area contributed by atoms with Crippen LogP contribution in [0.2, 0.25) is 5.02 Å². The summed E-state index contributed by atoms with van der Waals surface area (Å²) in [7, 11) is 0. The molecule has 2 rings (SSSR count). The van der Waals surface area contributed by atoms with Gasteiger partial charge in [-0.1, -0.05) is 17.7 Å². The number of pyridine rings is 1. The maximum atomic E-state index is 10.8. The fourth-order valence-corrected chi connectivity index (χ4v) is 2.32. The van der Waals surface area contributed by atoms with E-state index < -0.39 is 4.92 Å². The first-order valence-corrected chi connectivity index (χ1v) is 6.49. The third-order valence-electron chi connectivity index (χ3n) is 2.27. The minimum atomic E-state index is -0.494. The summed E-state index contributed by atoms with van der Waals surface area (Å²) in [6.45, 7) is 0.593. The van der Waals surface area contributed by atoms with Crippen LogP contribution in [0.1, 0.15) is 4.88 Å². The van der Waals surface area contributed by atoms with Crippen LogP contribution < -0.4 is 5.32 Å². The fourth-order valence-electron chi connectivity index (χ4n) is 1.46. The molecule has 2 aromatic rings. The van der Waals surface area contributed by atoms with E-state index in [0.717, 1.165) is 6.42 Å². The van der Waals surface area contributed by atoms with Gasteiger partial charge in [-0.15, -0.1) is 11.3 Å². The average Bonchev–Trinajstić information content (AvgIpc) is 2.84. The zero-order valence-corrected chi connectivity index (χ0v) is 10.9. The minimum absolute atomic E-state index is 0.103. The predicted molar refractivity (Wildman–Crippen MR) is 72.4 cm³/mol. The highest BCUT2D eigenvalue weighted by Crippen LogP contribution is 2.24. The van der Waals surface area contributed by atoms with Crippen molar-refractivity contribution in [3.63, 3.8) is 0 Å². The van der Waals surface area contributed by atoms with Gasteiger partial charge in [-0.2, -0.15) is 0 Å². The first kappa shape index (κ1) is 12.8. The van der Waals surface area contributed by atoms with Gasteiger partial charge in [0.2, 0.25) is 5.82 Å². The van der Waals surface area contributed by atoms with Gasteiger partial charge in [0.05, 0.1) is 9.95 Å². The Kier molecular flexibility index (Phi) is 4.11. The van der Waals surface area contributed by atoms with Gasteiger partial charge >= 0.3 is 5.69 Å². The van der Waals surface area contributed by atoms with E-state index in [4.69, 9.17) is 11.6 Å². The molecule has 0 saturated carbocycles. The van der Waals surface area contributed by atoms with Crippen LogP contribution in [0.15, 0.2) is 29.8 Å². The van der Waals surface area contributed by atoms with Crippen molar-refractivity contribution in [2.45, 2.75) is 6.42 Å². The number of anilines is 1. The van der Waals surface area contributed by atoms with Crippen LogP contribution in [0.5, 0.6) is 0 Å². The molecule has 0 fully saturated rings. The second-order valence-electron chi connectivity index (χ2n) is 3.53. The lowest BCUT2D eigenvalue weighted by molar-refractivity contribution is -0.384. The normalized spacial score (nSPS) is 10.3. The number of nitrogens with zero attached hydrogens (tertiary/aromatic N) is 2. The molecule has 0 saturated heterocycles. The summed E-state index contributed by atoms with van der Waals surface area (Å²) >= 11 is 7.34. The van der Waals surface area contributed by atoms with E-state index in [1.165, 1.54) is 17.1 Å². The summed E-state index contributed by atoms with van der Waals surface area (Å²) in [5.41, 5.74) is -0.103. The number of thiophene rings is 1. The van der Waals surface area contributed by atoms with Gasteiger partial charge in [-0.3, -0.25) is 10.1 Å². The van der Waals surface area contributed by atoms with Crippen LogP contribution in [0.4, 0.5) is 11.5 Å². The van der Waals surface area contributed by atoms with E-state index in [9.17, 15) is 10.1 Å². The highest BCUT2D eigenvalue weighted by atomic mass is 35.5. The highest BCUT2D eigenvalue weighted by Gasteiger charge is 2.15. The van der Waals surface area contributed by atoms with Gasteiger partial charge in [0.15, 0.2) is 0 Å². The molecule has 0 radical (unpaired) electrons. The maximum Gasteiger partial charge on any atom is 0.312 e. The Labute approximate surface area is 113 Å². The van der Waals surface area contributed by atoms with Gasteiger partial charge in [0.1, 0.15) is 0 Å². The van der Waals surface area contributed by atoms with E-state index in [1.807, 2.05) is 17.5 Å². The molecule has 1 N–H and O–H groups in total. The van der Waals surface area contributed by atoms with Crippen molar-refractivity contribution in [3.8, 4) is 0 Å². The lowest BCUT2D eigenvalue weighted by Crippen LogP contribution is -2.07. The Morgan fingerprint density at radius 3 is 3.06 bits per heavy atom. The molecule has 94 valence electrons. The molecule has 0 aliphatic heterocycles. The number of hydrogen-bond acceptors (Lipinski definition) is 5. The molecule has 0 amide bonds.